The maximum Gasteiger partial charge on any atom is 0.306 e. The summed E-state index contributed by atoms with van der Waals surface area (Å²) in [5.74, 6) is -0.564. The van der Waals surface area contributed by atoms with Gasteiger partial charge in [-0.3, -0.25) is 14.4 Å². The van der Waals surface area contributed by atoms with Crippen molar-refractivity contribution in [3.8, 4) is 0 Å². The monoisotopic (exact) mass is 732 g/mol. The average molecular weight is 732 g/mol. The van der Waals surface area contributed by atoms with E-state index in [-0.39, 0.29) is 48.8 Å². The van der Waals surface area contributed by atoms with Gasteiger partial charge in [-0.15, -0.1) is 5.39 Å². The molecule has 1 aliphatic carbocycles. The SMILES string of the molecule is CCCCCC[C@]1(O)C[C@](O)(CCCC)[C@H](C(C)C[C@H](CCc2ccccc2)OC(=O)CCCCCON([O-])O)[C@H]1C/C=C\CCCC(=O)NCC. The number of aliphatic hydroxyl groups is 2. The molecule has 0 radical (unpaired) electrons. The Balaban J connectivity index is 2.29. The van der Waals surface area contributed by atoms with Crippen LogP contribution in [0.2, 0.25) is 0 Å². The number of hydrogen-bond donors (Lipinski definition) is 4. The first-order chi connectivity index (χ1) is 25.0. The van der Waals surface area contributed by atoms with Gasteiger partial charge in [0.15, 0.2) is 0 Å². The molecule has 1 saturated carbocycles. The third-order valence-corrected chi connectivity index (χ3v) is 10.9. The van der Waals surface area contributed by atoms with Gasteiger partial charge in [-0.25, -0.2) is 0 Å². The Labute approximate surface area is 314 Å². The maximum absolute atomic E-state index is 13.1. The third-order valence-electron chi connectivity index (χ3n) is 10.9. The van der Waals surface area contributed by atoms with Crippen LogP contribution in [0.5, 0.6) is 0 Å². The minimum atomic E-state index is -1.03. The van der Waals surface area contributed by atoms with E-state index in [1.807, 2.05) is 25.1 Å². The van der Waals surface area contributed by atoms with Crippen molar-refractivity contribution in [1.29, 1.82) is 0 Å². The van der Waals surface area contributed by atoms with E-state index in [0.29, 0.717) is 70.8 Å². The molecule has 1 aromatic rings. The summed E-state index contributed by atoms with van der Waals surface area (Å²) in [6.45, 7) is 9.10. The number of rotatable bonds is 29. The van der Waals surface area contributed by atoms with Crippen LogP contribution in [0, 0.1) is 23.0 Å². The van der Waals surface area contributed by atoms with Crippen molar-refractivity contribution >= 4 is 11.9 Å². The van der Waals surface area contributed by atoms with Crippen molar-refractivity contribution in [2.24, 2.45) is 17.8 Å². The molecule has 10 heteroatoms. The topological polar surface area (TPSA) is 152 Å². The zero-order chi connectivity index (χ0) is 38.2. The molecule has 298 valence electrons. The molecule has 1 fully saturated rings. The largest absolute Gasteiger partial charge is 0.738 e. The van der Waals surface area contributed by atoms with Gasteiger partial charge in [0.2, 0.25) is 5.91 Å². The molecule has 0 spiro atoms. The molecule has 0 heterocycles. The van der Waals surface area contributed by atoms with Crippen LogP contribution in [0.4, 0.5) is 0 Å². The van der Waals surface area contributed by atoms with E-state index in [2.05, 4.69) is 55.2 Å². The molecular weight excluding hydrogens is 660 g/mol. The molecule has 1 unspecified atom stereocenters. The van der Waals surface area contributed by atoms with Crippen molar-refractivity contribution in [1.82, 2.24) is 10.7 Å². The predicted molar refractivity (Wildman–Crippen MR) is 206 cm³/mol. The Bertz CT molecular complexity index is 1130. The average Bonchev–Trinajstić information content (AvgIpc) is 3.33. The van der Waals surface area contributed by atoms with Crippen LogP contribution >= 0.6 is 0 Å². The smallest absolute Gasteiger partial charge is 0.306 e. The van der Waals surface area contributed by atoms with E-state index in [4.69, 9.17) is 9.94 Å². The van der Waals surface area contributed by atoms with Crippen LogP contribution in [0.25, 0.3) is 0 Å². The van der Waals surface area contributed by atoms with E-state index in [1.54, 1.807) is 0 Å². The Morgan fingerprint density at radius 3 is 2.35 bits per heavy atom. The summed E-state index contributed by atoms with van der Waals surface area (Å²) in [6, 6.07) is 10.2. The fourth-order valence-electron chi connectivity index (χ4n) is 8.37. The Hall–Kier alpha value is -2.34. The summed E-state index contributed by atoms with van der Waals surface area (Å²) < 4.78 is 6.18. The number of ether oxygens (including phenoxy) is 1. The van der Waals surface area contributed by atoms with Gasteiger partial charge in [0.05, 0.1) is 17.8 Å². The Morgan fingerprint density at radius 1 is 0.942 bits per heavy atom. The van der Waals surface area contributed by atoms with Crippen LogP contribution in [-0.4, -0.2) is 63.1 Å². The third kappa shape index (κ3) is 17.2. The standard InChI is InChI=1S/C42H71N2O8/c1-5-8-10-20-30-41(47)33-42(48,29-9-6-2)40(37(41)24-17-11-12-18-25-38(45)43-7-3)34(4)32-36(28-27-35-22-15-13-16-23-35)52-39(46)26-19-14-21-31-51-44(49)50/h11,13,15-17,22-23,34,36-37,40,47-49H,5-10,12,14,18-21,24-33H2,1-4H3,(H,43,45)/q-1/b17-11-/t34?,36-,37+,40+,41-,42+/m0/s1. The summed E-state index contributed by atoms with van der Waals surface area (Å²) in [6.07, 6.45) is 18.3. The van der Waals surface area contributed by atoms with Crippen molar-refractivity contribution in [2.75, 3.05) is 13.2 Å². The highest BCUT2D eigenvalue weighted by atomic mass is 17.1. The normalized spacial score (nSPS) is 22.9. The van der Waals surface area contributed by atoms with E-state index < -0.39 is 16.6 Å². The number of unbranched alkanes of at least 4 members (excludes halogenated alkanes) is 7. The van der Waals surface area contributed by atoms with Crippen molar-refractivity contribution < 1.29 is 34.6 Å². The highest BCUT2D eigenvalue weighted by Gasteiger charge is 2.60. The summed E-state index contributed by atoms with van der Waals surface area (Å²) in [4.78, 5) is 29.6. The number of nitrogens with one attached hydrogen (secondary N) is 1. The van der Waals surface area contributed by atoms with Gasteiger partial charge in [-0.1, -0.05) is 108 Å². The van der Waals surface area contributed by atoms with Gasteiger partial charge in [-0.2, -0.15) is 0 Å². The zero-order valence-corrected chi connectivity index (χ0v) is 32.7. The number of carbonyl (C=O) groups excluding carboxylic acids is 2. The van der Waals surface area contributed by atoms with Crippen molar-refractivity contribution in [2.45, 2.75) is 173 Å². The second kappa shape index (κ2) is 25.6. The molecule has 0 aliphatic heterocycles. The molecule has 1 aromatic carbocycles. The lowest BCUT2D eigenvalue weighted by atomic mass is 9.70. The number of benzene rings is 1. The first kappa shape index (κ1) is 45.8. The van der Waals surface area contributed by atoms with Gasteiger partial charge < -0.3 is 30.7 Å². The minimum absolute atomic E-state index is 0.0260. The quantitative estimate of drug-likeness (QED) is 0.0274. The van der Waals surface area contributed by atoms with Crippen LogP contribution < -0.4 is 5.32 Å². The molecule has 6 atom stereocenters. The molecule has 10 nitrogen and oxygen atoms in total. The Morgan fingerprint density at radius 2 is 1.65 bits per heavy atom. The summed E-state index contributed by atoms with van der Waals surface area (Å²) in [5.41, 5.74) is -0.861. The van der Waals surface area contributed by atoms with Crippen molar-refractivity contribution in [3.63, 3.8) is 0 Å². The number of amides is 1. The first-order valence-corrected chi connectivity index (χ1v) is 20.4. The molecule has 1 amide bonds. The number of aryl methyl sites for hydroxylation is 1. The van der Waals surface area contributed by atoms with Crippen LogP contribution in [0.1, 0.15) is 155 Å². The number of nitrogens with zero attached hydrogens (tertiary/aromatic N) is 1. The Kier molecular flexibility index (Phi) is 22.6. The lowest BCUT2D eigenvalue weighted by Crippen LogP contribution is -2.41. The molecule has 0 saturated heterocycles. The second-order valence-electron chi connectivity index (χ2n) is 15.2. The van der Waals surface area contributed by atoms with Crippen molar-refractivity contribution in [3.05, 3.63) is 53.3 Å². The summed E-state index contributed by atoms with van der Waals surface area (Å²) in [7, 11) is 0. The molecule has 0 bridgehead atoms. The summed E-state index contributed by atoms with van der Waals surface area (Å²) >= 11 is 0. The maximum atomic E-state index is 13.1. The fraction of sp³-hybridized carbons (Fsp3) is 0.762. The zero-order valence-electron chi connectivity index (χ0n) is 32.7. The first-order valence-electron chi connectivity index (χ1n) is 20.4. The lowest BCUT2D eigenvalue weighted by Gasteiger charge is -2.39. The van der Waals surface area contributed by atoms with E-state index in [0.717, 1.165) is 57.8 Å². The highest BCUT2D eigenvalue weighted by molar-refractivity contribution is 5.75. The molecule has 1 aliphatic rings. The van der Waals surface area contributed by atoms with Crippen LogP contribution in [0.3, 0.4) is 0 Å². The minimum Gasteiger partial charge on any atom is -0.738 e. The number of carbonyl (C=O) groups is 2. The van der Waals surface area contributed by atoms with E-state index >= 15 is 0 Å². The molecule has 4 N–H and O–H groups in total. The van der Waals surface area contributed by atoms with Gasteiger partial charge in [0.1, 0.15) is 6.10 Å². The summed E-state index contributed by atoms with van der Waals surface area (Å²) in [5, 5.41) is 46.5. The van der Waals surface area contributed by atoms with E-state index in [1.165, 1.54) is 5.56 Å². The number of esters is 1. The van der Waals surface area contributed by atoms with Gasteiger partial charge >= 0.3 is 5.97 Å². The number of hydrogen-bond acceptors (Lipinski definition) is 9. The van der Waals surface area contributed by atoms with Crippen LogP contribution in [0.15, 0.2) is 42.5 Å². The van der Waals surface area contributed by atoms with Crippen LogP contribution in [-0.2, 0) is 25.6 Å². The van der Waals surface area contributed by atoms with Gasteiger partial charge in [0.25, 0.3) is 0 Å². The van der Waals surface area contributed by atoms with Gasteiger partial charge in [-0.05, 0) is 94.4 Å². The number of allylic oxidation sites excluding steroid dienone is 2. The molecule has 2 rings (SSSR count). The molecule has 52 heavy (non-hydrogen) atoms. The molecular formula is C42H71N2O8-. The highest BCUT2D eigenvalue weighted by Crippen LogP contribution is 2.56. The fourth-order valence-corrected chi connectivity index (χ4v) is 8.37. The molecule has 0 aromatic heterocycles. The second-order valence-corrected chi connectivity index (χ2v) is 15.2. The van der Waals surface area contributed by atoms with E-state index in [9.17, 15) is 25.0 Å². The predicted octanol–water partition coefficient (Wildman–Crippen LogP) is 8.75. The van der Waals surface area contributed by atoms with Gasteiger partial charge in [0, 0.05) is 25.8 Å². The lowest BCUT2D eigenvalue weighted by molar-refractivity contribution is -0.305.